The normalized spacial score (nSPS) is 24.9. The molecule has 1 aliphatic carbocycles. The number of rotatable bonds is 4. The predicted molar refractivity (Wildman–Crippen MR) is 105 cm³/mol. The Labute approximate surface area is 161 Å². The van der Waals surface area contributed by atoms with Crippen LogP contribution in [-0.2, 0) is 4.79 Å². The molecule has 1 aromatic rings. The number of amides is 1. The first-order chi connectivity index (χ1) is 12.2. The molecule has 0 N–H and O–H groups in total. The second-order valence-electron chi connectivity index (χ2n) is 8.54. The quantitative estimate of drug-likeness (QED) is 0.550. The third kappa shape index (κ3) is 3.73. The van der Waals surface area contributed by atoms with Crippen LogP contribution in [-0.4, -0.2) is 29.7 Å². The van der Waals surface area contributed by atoms with Crippen molar-refractivity contribution in [2.75, 3.05) is 13.1 Å². The molecule has 1 heterocycles. The van der Waals surface area contributed by atoms with E-state index in [2.05, 4.69) is 33.8 Å². The summed E-state index contributed by atoms with van der Waals surface area (Å²) >= 11 is 5.90. The fourth-order valence-electron chi connectivity index (χ4n) is 4.23. The van der Waals surface area contributed by atoms with E-state index in [0.29, 0.717) is 29.6 Å². The molecule has 0 spiro atoms. The first-order valence-electron chi connectivity index (χ1n) is 9.45. The molecule has 0 unspecified atom stereocenters. The summed E-state index contributed by atoms with van der Waals surface area (Å²) in [5, 5.41) is 0.639. The monoisotopic (exact) mass is 373 g/mol. The summed E-state index contributed by atoms with van der Waals surface area (Å²) in [6, 6.07) is 7.09. The zero-order valence-electron chi connectivity index (χ0n) is 16.1. The minimum atomic E-state index is 0.000942. The molecule has 2 atom stereocenters. The number of benzene rings is 1. The van der Waals surface area contributed by atoms with Gasteiger partial charge in [-0.1, -0.05) is 37.1 Å². The first-order valence-corrected chi connectivity index (χ1v) is 9.83. The summed E-state index contributed by atoms with van der Waals surface area (Å²) < 4.78 is 0. The van der Waals surface area contributed by atoms with Gasteiger partial charge in [0, 0.05) is 29.6 Å². The molecule has 3 rings (SSSR count). The SMILES string of the molecule is CC(C)=C[C@H]1[C@@H](C(=O)N2CCC(C(=O)c3ccc(Cl)cc3)CC2)C1(C)C. The van der Waals surface area contributed by atoms with Crippen molar-refractivity contribution in [3.8, 4) is 0 Å². The number of Topliss-reactive ketones (excluding diaryl/α,β-unsaturated/α-hetero) is 1. The highest BCUT2D eigenvalue weighted by atomic mass is 35.5. The maximum absolute atomic E-state index is 12.9. The predicted octanol–water partition coefficient (Wildman–Crippen LogP) is 5.00. The average molecular weight is 374 g/mol. The van der Waals surface area contributed by atoms with Crippen LogP contribution in [0.15, 0.2) is 35.9 Å². The summed E-state index contributed by atoms with van der Waals surface area (Å²) in [6.45, 7) is 9.88. The smallest absolute Gasteiger partial charge is 0.226 e. The number of hydrogen-bond acceptors (Lipinski definition) is 2. The number of hydrogen-bond donors (Lipinski definition) is 0. The molecular formula is C22H28ClNO2. The summed E-state index contributed by atoms with van der Waals surface area (Å²) in [5.41, 5.74) is 2.03. The van der Waals surface area contributed by atoms with Crippen molar-refractivity contribution < 1.29 is 9.59 Å². The molecule has 2 aliphatic rings. The molecule has 3 nitrogen and oxygen atoms in total. The number of allylic oxidation sites excluding steroid dienone is 2. The Bertz CT molecular complexity index is 723. The molecule has 140 valence electrons. The van der Waals surface area contributed by atoms with E-state index >= 15 is 0 Å². The molecule has 4 heteroatoms. The van der Waals surface area contributed by atoms with Gasteiger partial charge in [-0.05, 0) is 62.3 Å². The lowest BCUT2D eigenvalue weighted by atomic mass is 9.88. The van der Waals surface area contributed by atoms with Gasteiger partial charge in [0.2, 0.25) is 5.91 Å². The van der Waals surface area contributed by atoms with Crippen LogP contribution >= 0.6 is 11.6 Å². The van der Waals surface area contributed by atoms with Gasteiger partial charge in [0.25, 0.3) is 0 Å². The molecule has 1 saturated heterocycles. The van der Waals surface area contributed by atoms with Gasteiger partial charge in [0.1, 0.15) is 0 Å². The molecule has 1 amide bonds. The zero-order valence-corrected chi connectivity index (χ0v) is 16.8. The third-order valence-electron chi connectivity index (χ3n) is 6.00. The van der Waals surface area contributed by atoms with E-state index in [1.165, 1.54) is 5.57 Å². The van der Waals surface area contributed by atoms with Gasteiger partial charge < -0.3 is 4.90 Å². The summed E-state index contributed by atoms with van der Waals surface area (Å²) in [4.78, 5) is 27.6. The van der Waals surface area contributed by atoms with Crippen molar-refractivity contribution in [3.05, 3.63) is 46.5 Å². The van der Waals surface area contributed by atoms with E-state index in [-0.39, 0.29) is 28.9 Å². The topological polar surface area (TPSA) is 37.4 Å². The van der Waals surface area contributed by atoms with Crippen LogP contribution in [0.1, 0.15) is 50.9 Å². The Morgan fingerprint density at radius 2 is 1.69 bits per heavy atom. The van der Waals surface area contributed by atoms with Crippen molar-refractivity contribution in [3.63, 3.8) is 0 Å². The highest BCUT2D eigenvalue weighted by Gasteiger charge is 2.61. The maximum atomic E-state index is 12.9. The van der Waals surface area contributed by atoms with E-state index in [4.69, 9.17) is 11.6 Å². The van der Waals surface area contributed by atoms with E-state index < -0.39 is 0 Å². The van der Waals surface area contributed by atoms with Gasteiger partial charge in [0.05, 0.1) is 5.92 Å². The van der Waals surface area contributed by atoms with Gasteiger partial charge in [0.15, 0.2) is 5.78 Å². The highest BCUT2D eigenvalue weighted by Crippen LogP contribution is 2.60. The Hall–Kier alpha value is -1.61. The Balaban J connectivity index is 1.59. The van der Waals surface area contributed by atoms with E-state index in [1.54, 1.807) is 24.3 Å². The lowest BCUT2D eigenvalue weighted by molar-refractivity contribution is -0.134. The van der Waals surface area contributed by atoms with Crippen molar-refractivity contribution in [1.82, 2.24) is 4.90 Å². The Kier molecular flexibility index (Phi) is 5.30. The van der Waals surface area contributed by atoms with E-state index in [9.17, 15) is 9.59 Å². The molecule has 0 radical (unpaired) electrons. The van der Waals surface area contributed by atoms with Crippen LogP contribution in [0.25, 0.3) is 0 Å². The zero-order chi connectivity index (χ0) is 19.1. The van der Waals surface area contributed by atoms with Crippen LogP contribution in [0.5, 0.6) is 0 Å². The third-order valence-corrected chi connectivity index (χ3v) is 6.25. The largest absolute Gasteiger partial charge is 0.342 e. The maximum Gasteiger partial charge on any atom is 0.226 e. The number of piperidine rings is 1. The van der Waals surface area contributed by atoms with Crippen molar-refractivity contribution >= 4 is 23.3 Å². The van der Waals surface area contributed by atoms with E-state index in [0.717, 1.165) is 12.8 Å². The molecule has 1 aromatic carbocycles. The summed E-state index contributed by atoms with van der Waals surface area (Å²) in [6.07, 6.45) is 3.72. The molecule has 0 bridgehead atoms. The fraction of sp³-hybridized carbons (Fsp3) is 0.545. The number of likely N-dealkylation sites (tertiary alicyclic amines) is 1. The number of nitrogens with zero attached hydrogens (tertiary/aromatic N) is 1. The van der Waals surface area contributed by atoms with Crippen molar-refractivity contribution in [2.24, 2.45) is 23.2 Å². The molecule has 2 fully saturated rings. The Morgan fingerprint density at radius 3 is 2.23 bits per heavy atom. The lowest BCUT2D eigenvalue weighted by Crippen LogP contribution is -2.41. The average Bonchev–Trinajstić information content (AvgIpc) is 3.13. The summed E-state index contributed by atoms with van der Waals surface area (Å²) in [5.74, 6) is 0.855. The van der Waals surface area contributed by atoms with Gasteiger partial charge in [-0.25, -0.2) is 0 Å². The number of ketones is 1. The van der Waals surface area contributed by atoms with Crippen molar-refractivity contribution in [2.45, 2.75) is 40.5 Å². The molecule has 1 saturated carbocycles. The van der Waals surface area contributed by atoms with E-state index in [1.807, 2.05) is 4.90 Å². The standard InChI is InChI=1S/C22H28ClNO2/c1-14(2)13-18-19(22(18,3)4)21(26)24-11-9-16(10-12-24)20(25)15-5-7-17(23)8-6-15/h5-8,13,16,18-19H,9-12H2,1-4H3/t18-,19-/m0/s1. The van der Waals surface area contributed by atoms with Gasteiger partial charge in [-0.2, -0.15) is 0 Å². The lowest BCUT2D eigenvalue weighted by Gasteiger charge is -2.32. The van der Waals surface area contributed by atoms with Crippen LogP contribution < -0.4 is 0 Å². The van der Waals surface area contributed by atoms with Gasteiger partial charge in [-0.3, -0.25) is 9.59 Å². The first kappa shape index (κ1) is 19.2. The van der Waals surface area contributed by atoms with Crippen LogP contribution in [0, 0.1) is 23.2 Å². The van der Waals surface area contributed by atoms with Crippen LogP contribution in [0.3, 0.4) is 0 Å². The van der Waals surface area contributed by atoms with Gasteiger partial charge >= 0.3 is 0 Å². The second-order valence-corrected chi connectivity index (χ2v) is 8.98. The minimum absolute atomic E-state index is 0.000942. The number of carbonyl (C=O) groups excluding carboxylic acids is 2. The number of carbonyl (C=O) groups is 2. The second kappa shape index (κ2) is 7.19. The highest BCUT2D eigenvalue weighted by molar-refractivity contribution is 6.30. The molecule has 26 heavy (non-hydrogen) atoms. The molecule has 1 aliphatic heterocycles. The minimum Gasteiger partial charge on any atom is -0.342 e. The number of halogens is 1. The fourth-order valence-corrected chi connectivity index (χ4v) is 4.35. The molecular weight excluding hydrogens is 346 g/mol. The molecule has 0 aromatic heterocycles. The van der Waals surface area contributed by atoms with Crippen LogP contribution in [0.2, 0.25) is 5.02 Å². The van der Waals surface area contributed by atoms with Crippen molar-refractivity contribution in [1.29, 1.82) is 0 Å². The van der Waals surface area contributed by atoms with Gasteiger partial charge in [-0.15, -0.1) is 0 Å². The van der Waals surface area contributed by atoms with Crippen LogP contribution in [0.4, 0.5) is 0 Å². The Morgan fingerprint density at radius 1 is 1.12 bits per heavy atom. The summed E-state index contributed by atoms with van der Waals surface area (Å²) in [7, 11) is 0.